The lowest BCUT2D eigenvalue weighted by molar-refractivity contribution is -0.0550. The van der Waals surface area contributed by atoms with Gasteiger partial charge in [0.1, 0.15) is 24.1 Å². The fourth-order valence-electron chi connectivity index (χ4n) is 4.61. The molecule has 4 aromatic rings. The molecule has 4 nitrogen and oxygen atoms in total. The summed E-state index contributed by atoms with van der Waals surface area (Å²) in [5, 5.41) is 0. The quantitative estimate of drug-likeness (QED) is 0.274. The van der Waals surface area contributed by atoms with E-state index in [1.165, 1.54) is 0 Å². The van der Waals surface area contributed by atoms with Gasteiger partial charge in [-0.1, -0.05) is 97.1 Å². The fraction of sp³-hybridized carbons (Fsp3) is 0.172. The zero-order chi connectivity index (χ0) is 22.7. The van der Waals surface area contributed by atoms with Crippen molar-refractivity contribution < 1.29 is 13.9 Å². The topological polar surface area (TPSA) is 57.6 Å². The van der Waals surface area contributed by atoms with Crippen molar-refractivity contribution in [2.45, 2.75) is 24.7 Å². The summed E-state index contributed by atoms with van der Waals surface area (Å²) in [5.74, 6) is 0. The number of benzene rings is 3. The molecule has 0 radical (unpaired) electrons. The van der Waals surface area contributed by atoms with E-state index in [9.17, 15) is 0 Å². The van der Waals surface area contributed by atoms with Crippen LogP contribution in [0.4, 0.5) is 5.69 Å². The van der Waals surface area contributed by atoms with Gasteiger partial charge in [-0.25, -0.2) is 0 Å². The Hall–Kier alpha value is -3.60. The molecule has 0 saturated heterocycles. The maximum atomic E-state index is 6.89. The molecule has 2 heterocycles. The van der Waals surface area contributed by atoms with Crippen LogP contribution >= 0.6 is 0 Å². The molecule has 0 aliphatic carbocycles. The van der Waals surface area contributed by atoms with E-state index in [1.807, 2.05) is 54.6 Å². The van der Waals surface area contributed by atoms with Gasteiger partial charge in [0, 0.05) is 5.56 Å². The minimum absolute atomic E-state index is 0.209. The summed E-state index contributed by atoms with van der Waals surface area (Å²) in [6.07, 6.45) is 4.88. The van der Waals surface area contributed by atoms with Gasteiger partial charge >= 0.3 is 0 Å². The molecule has 4 heteroatoms. The first kappa shape index (κ1) is 21.3. The van der Waals surface area contributed by atoms with Crippen LogP contribution in [-0.2, 0) is 15.1 Å². The number of hydrogen-bond donors (Lipinski definition) is 1. The molecule has 5 rings (SSSR count). The number of furan rings is 1. The number of nitrogen functional groups attached to an aromatic ring is 1. The summed E-state index contributed by atoms with van der Waals surface area (Å²) in [4.78, 5) is 0. The number of hydrogen-bond acceptors (Lipinski definition) is 4. The second-order valence-electron chi connectivity index (χ2n) is 8.34. The molecule has 1 aliphatic rings. The third kappa shape index (κ3) is 3.99. The smallest absolute Gasteiger partial charge is 0.143 e. The summed E-state index contributed by atoms with van der Waals surface area (Å²) < 4.78 is 18.5. The summed E-state index contributed by atoms with van der Waals surface area (Å²) in [6.45, 7) is 2.43. The van der Waals surface area contributed by atoms with E-state index >= 15 is 0 Å². The Morgan fingerprint density at radius 2 is 1.30 bits per heavy atom. The largest absolute Gasteiger partial charge is 0.470 e. The highest BCUT2D eigenvalue weighted by Crippen LogP contribution is 2.42. The summed E-state index contributed by atoms with van der Waals surface area (Å²) >= 11 is 0. The first-order chi connectivity index (χ1) is 16.2. The minimum Gasteiger partial charge on any atom is -0.470 e. The molecular weight excluding hydrogens is 410 g/mol. The van der Waals surface area contributed by atoms with Crippen molar-refractivity contribution in [2.75, 3.05) is 12.3 Å². The SMILES string of the molecule is CC1=CC(COC(c2ccccc2)(c2ccccc2)c2ccccc2)O[C@H]1c1cocc1N. The standard InChI is InChI=1S/C29H27NO3/c1-21-17-25(33-28(21)26-19-31-20-27(26)30)18-32-29(22-11-5-2-6-12-22,23-13-7-3-8-14-23)24-15-9-4-10-16-24/h2-17,19-20,25,28H,18,30H2,1H3/t25?,28-/m1/s1. The molecule has 3 aromatic carbocycles. The van der Waals surface area contributed by atoms with Crippen LogP contribution in [0.15, 0.2) is 120 Å². The second kappa shape index (κ2) is 9.10. The zero-order valence-corrected chi connectivity index (χ0v) is 18.6. The van der Waals surface area contributed by atoms with E-state index in [0.29, 0.717) is 12.3 Å². The monoisotopic (exact) mass is 437 g/mol. The molecule has 0 spiro atoms. The fourth-order valence-corrected chi connectivity index (χ4v) is 4.61. The van der Waals surface area contributed by atoms with Crippen molar-refractivity contribution in [1.29, 1.82) is 0 Å². The van der Waals surface area contributed by atoms with Crippen LogP contribution in [0, 0.1) is 0 Å². The number of anilines is 1. The van der Waals surface area contributed by atoms with Gasteiger partial charge in [0.25, 0.3) is 0 Å². The lowest BCUT2D eigenvalue weighted by atomic mass is 9.80. The number of rotatable bonds is 7. The highest BCUT2D eigenvalue weighted by molar-refractivity contribution is 5.49. The number of nitrogens with two attached hydrogens (primary N) is 1. The molecular formula is C29H27NO3. The Kier molecular flexibility index (Phi) is 5.86. The normalized spacial score (nSPS) is 18.3. The Labute approximate surface area is 194 Å². The molecule has 2 atom stereocenters. The first-order valence-corrected chi connectivity index (χ1v) is 11.1. The molecule has 0 amide bonds. The van der Waals surface area contributed by atoms with Crippen LogP contribution in [0.5, 0.6) is 0 Å². The highest BCUT2D eigenvalue weighted by Gasteiger charge is 2.39. The van der Waals surface area contributed by atoms with E-state index < -0.39 is 5.60 Å². The predicted octanol–water partition coefficient (Wildman–Crippen LogP) is 6.26. The van der Waals surface area contributed by atoms with Crippen LogP contribution in [0.25, 0.3) is 0 Å². The molecule has 0 saturated carbocycles. The highest BCUT2D eigenvalue weighted by atomic mass is 16.6. The van der Waals surface area contributed by atoms with Gasteiger partial charge in [0.15, 0.2) is 0 Å². The third-order valence-electron chi connectivity index (χ3n) is 6.18. The van der Waals surface area contributed by atoms with Gasteiger partial charge in [-0.15, -0.1) is 0 Å². The Bertz CT molecular complexity index is 1120. The molecule has 166 valence electrons. The van der Waals surface area contributed by atoms with Gasteiger partial charge in [0.2, 0.25) is 0 Å². The minimum atomic E-state index is -0.776. The molecule has 1 aromatic heterocycles. The zero-order valence-electron chi connectivity index (χ0n) is 18.6. The number of ether oxygens (including phenoxy) is 2. The maximum absolute atomic E-state index is 6.89. The molecule has 1 aliphatic heterocycles. The van der Waals surface area contributed by atoms with Gasteiger partial charge in [-0.2, -0.15) is 0 Å². The lowest BCUT2D eigenvalue weighted by Crippen LogP contribution is -2.35. The van der Waals surface area contributed by atoms with E-state index in [4.69, 9.17) is 19.6 Å². The van der Waals surface area contributed by atoms with Crippen LogP contribution in [0.2, 0.25) is 0 Å². The van der Waals surface area contributed by atoms with Crippen molar-refractivity contribution in [3.63, 3.8) is 0 Å². The van der Waals surface area contributed by atoms with Gasteiger partial charge in [-0.3, -0.25) is 0 Å². The van der Waals surface area contributed by atoms with Crippen molar-refractivity contribution in [1.82, 2.24) is 0 Å². The van der Waals surface area contributed by atoms with E-state index in [0.717, 1.165) is 27.8 Å². The maximum Gasteiger partial charge on any atom is 0.143 e. The van der Waals surface area contributed by atoms with E-state index in [1.54, 1.807) is 12.5 Å². The van der Waals surface area contributed by atoms with E-state index in [-0.39, 0.29) is 12.2 Å². The molecule has 33 heavy (non-hydrogen) atoms. The van der Waals surface area contributed by atoms with Gasteiger partial charge in [-0.05, 0) is 29.2 Å². The third-order valence-corrected chi connectivity index (χ3v) is 6.18. The molecule has 0 fully saturated rings. The molecule has 2 N–H and O–H groups in total. The first-order valence-electron chi connectivity index (χ1n) is 11.1. The molecule has 0 bridgehead atoms. The van der Waals surface area contributed by atoms with Crippen molar-refractivity contribution in [3.05, 3.63) is 137 Å². The van der Waals surface area contributed by atoms with Crippen molar-refractivity contribution >= 4 is 5.69 Å². The van der Waals surface area contributed by atoms with Crippen LogP contribution < -0.4 is 5.73 Å². The molecule has 1 unspecified atom stereocenters. The summed E-state index contributed by atoms with van der Waals surface area (Å²) in [7, 11) is 0. The Morgan fingerprint density at radius 3 is 1.76 bits per heavy atom. The van der Waals surface area contributed by atoms with Crippen LogP contribution in [0.1, 0.15) is 35.3 Å². The van der Waals surface area contributed by atoms with Gasteiger partial charge in [0.05, 0.1) is 18.6 Å². The average Bonchev–Trinajstić information content (AvgIpc) is 3.46. The lowest BCUT2D eigenvalue weighted by Gasteiger charge is -2.36. The van der Waals surface area contributed by atoms with Crippen molar-refractivity contribution in [3.8, 4) is 0 Å². The Morgan fingerprint density at radius 1 is 0.788 bits per heavy atom. The van der Waals surface area contributed by atoms with Crippen molar-refractivity contribution in [2.24, 2.45) is 0 Å². The van der Waals surface area contributed by atoms with E-state index in [2.05, 4.69) is 49.4 Å². The van der Waals surface area contributed by atoms with Crippen LogP contribution in [-0.4, -0.2) is 12.7 Å². The Balaban J connectivity index is 1.52. The van der Waals surface area contributed by atoms with Crippen LogP contribution in [0.3, 0.4) is 0 Å². The predicted molar refractivity (Wildman–Crippen MR) is 130 cm³/mol. The average molecular weight is 438 g/mol. The second-order valence-corrected chi connectivity index (χ2v) is 8.34. The summed E-state index contributed by atoms with van der Waals surface area (Å²) in [6, 6.07) is 31.1. The van der Waals surface area contributed by atoms with Gasteiger partial charge < -0.3 is 19.6 Å². The summed E-state index contributed by atoms with van der Waals surface area (Å²) in [5.41, 5.74) is 11.0.